The minimum Gasteiger partial charge on any atom is -0.299 e. The Morgan fingerprint density at radius 3 is 2.84 bits per heavy atom. The van der Waals surface area contributed by atoms with Crippen LogP contribution in [0.5, 0.6) is 0 Å². The minimum absolute atomic E-state index is 0.440. The molecule has 2 aromatic heterocycles. The molecule has 3 aromatic rings. The molecular formula is C10H6Cl2N6S. The van der Waals surface area contributed by atoms with Crippen molar-refractivity contribution < 1.29 is 0 Å². The van der Waals surface area contributed by atoms with Gasteiger partial charge in [0, 0.05) is 11.6 Å². The van der Waals surface area contributed by atoms with Crippen LogP contribution >= 0.6 is 34.5 Å². The zero-order valence-electron chi connectivity index (χ0n) is 9.29. The number of halogens is 2. The molecule has 0 unspecified atom stereocenters. The van der Waals surface area contributed by atoms with Crippen LogP contribution in [0.2, 0.25) is 10.0 Å². The van der Waals surface area contributed by atoms with Gasteiger partial charge < -0.3 is 0 Å². The fourth-order valence-electron chi connectivity index (χ4n) is 1.44. The topological polar surface area (TPSA) is 68.5 Å². The summed E-state index contributed by atoms with van der Waals surface area (Å²) in [5.74, 6) is 0.452. The van der Waals surface area contributed by atoms with Gasteiger partial charge in [-0.25, -0.2) is 4.98 Å². The Labute approximate surface area is 122 Å². The lowest BCUT2D eigenvalue weighted by Crippen LogP contribution is -2.03. The Kier molecular flexibility index (Phi) is 3.33. The van der Waals surface area contributed by atoms with Gasteiger partial charge in [0.2, 0.25) is 0 Å². The van der Waals surface area contributed by atoms with E-state index < -0.39 is 0 Å². The summed E-state index contributed by atoms with van der Waals surface area (Å²) >= 11 is 13.3. The maximum Gasteiger partial charge on any atom is 0.254 e. The monoisotopic (exact) mass is 312 g/mol. The predicted octanol–water partition coefficient (Wildman–Crippen LogP) is 3.17. The molecular weight excluding hydrogens is 307 g/mol. The zero-order chi connectivity index (χ0) is 13.2. The third kappa shape index (κ3) is 2.53. The first kappa shape index (κ1) is 12.3. The molecule has 1 aromatic carbocycles. The Balaban J connectivity index is 1.97. The molecule has 0 atom stereocenters. The minimum atomic E-state index is 0.440. The molecule has 6 nitrogen and oxygen atoms in total. The first-order chi connectivity index (χ1) is 9.24. The third-order valence-corrected chi connectivity index (χ3v) is 3.70. The van der Waals surface area contributed by atoms with Crippen molar-refractivity contribution in [1.82, 2.24) is 25.2 Å². The molecule has 0 aliphatic rings. The summed E-state index contributed by atoms with van der Waals surface area (Å²) in [7, 11) is 0. The fourth-order valence-corrected chi connectivity index (χ4v) is 2.25. The quantitative estimate of drug-likeness (QED) is 0.804. The van der Waals surface area contributed by atoms with Crippen LogP contribution in [-0.4, -0.2) is 25.2 Å². The summed E-state index contributed by atoms with van der Waals surface area (Å²) in [5.41, 5.74) is 0.707. The lowest BCUT2D eigenvalue weighted by Gasteiger charge is -2.05. The SMILES string of the molecule is Clc1ccc(-n2nnnc2Nc2nccs2)cc1Cl. The van der Waals surface area contributed by atoms with Crippen LogP contribution in [0.1, 0.15) is 0 Å². The van der Waals surface area contributed by atoms with E-state index >= 15 is 0 Å². The molecule has 9 heteroatoms. The number of nitrogens with zero attached hydrogens (tertiary/aromatic N) is 5. The van der Waals surface area contributed by atoms with Gasteiger partial charge in [0.15, 0.2) is 5.13 Å². The molecule has 0 fully saturated rings. The highest BCUT2D eigenvalue weighted by molar-refractivity contribution is 7.13. The fraction of sp³-hybridized carbons (Fsp3) is 0. The molecule has 19 heavy (non-hydrogen) atoms. The van der Waals surface area contributed by atoms with Crippen molar-refractivity contribution in [3.05, 3.63) is 39.8 Å². The molecule has 0 aliphatic carbocycles. The highest BCUT2D eigenvalue weighted by atomic mass is 35.5. The van der Waals surface area contributed by atoms with E-state index in [0.29, 0.717) is 26.8 Å². The number of nitrogens with one attached hydrogen (secondary N) is 1. The molecule has 1 N–H and O–H groups in total. The molecule has 0 amide bonds. The number of anilines is 2. The van der Waals surface area contributed by atoms with Gasteiger partial charge in [0.25, 0.3) is 5.95 Å². The smallest absolute Gasteiger partial charge is 0.254 e. The second-order valence-corrected chi connectivity index (χ2v) is 5.18. The van der Waals surface area contributed by atoms with E-state index in [2.05, 4.69) is 25.8 Å². The van der Waals surface area contributed by atoms with Gasteiger partial charge in [-0.15, -0.1) is 11.3 Å². The highest BCUT2D eigenvalue weighted by Gasteiger charge is 2.10. The second-order valence-electron chi connectivity index (χ2n) is 3.47. The molecule has 0 spiro atoms. The largest absolute Gasteiger partial charge is 0.299 e. The lowest BCUT2D eigenvalue weighted by atomic mass is 10.3. The van der Waals surface area contributed by atoms with Gasteiger partial charge >= 0.3 is 0 Å². The van der Waals surface area contributed by atoms with Crippen LogP contribution in [0.4, 0.5) is 11.1 Å². The number of aromatic nitrogens is 5. The molecule has 0 saturated heterocycles. The average Bonchev–Trinajstić information content (AvgIpc) is 3.05. The van der Waals surface area contributed by atoms with E-state index in [1.165, 1.54) is 16.0 Å². The average molecular weight is 313 g/mol. The van der Waals surface area contributed by atoms with Crippen molar-refractivity contribution in [1.29, 1.82) is 0 Å². The van der Waals surface area contributed by atoms with Crippen molar-refractivity contribution >= 4 is 45.6 Å². The lowest BCUT2D eigenvalue weighted by molar-refractivity contribution is 0.791. The second kappa shape index (κ2) is 5.12. The summed E-state index contributed by atoms with van der Waals surface area (Å²) in [5, 5.41) is 17.9. The van der Waals surface area contributed by atoms with Crippen molar-refractivity contribution in [2.75, 3.05) is 5.32 Å². The maximum absolute atomic E-state index is 5.98. The van der Waals surface area contributed by atoms with E-state index in [9.17, 15) is 0 Å². The summed E-state index contributed by atoms with van der Waals surface area (Å²) in [6.07, 6.45) is 1.69. The Bertz CT molecular complexity index is 696. The van der Waals surface area contributed by atoms with Gasteiger partial charge in [0.05, 0.1) is 15.7 Å². The molecule has 0 saturated carbocycles. The van der Waals surface area contributed by atoms with Crippen LogP contribution < -0.4 is 5.32 Å². The Morgan fingerprint density at radius 1 is 1.21 bits per heavy atom. The summed E-state index contributed by atoms with van der Waals surface area (Å²) in [6, 6.07) is 5.15. The van der Waals surface area contributed by atoms with Crippen LogP contribution in [0, 0.1) is 0 Å². The maximum atomic E-state index is 5.98. The predicted molar refractivity (Wildman–Crippen MR) is 74.6 cm³/mol. The van der Waals surface area contributed by atoms with Crippen molar-refractivity contribution in [3.63, 3.8) is 0 Å². The first-order valence-corrected chi connectivity index (χ1v) is 6.78. The first-order valence-electron chi connectivity index (χ1n) is 5.14. The molecule has 96 valence electrons. The van der Waals surface area contributed by atoms with Gasteiger partial charge in [0.1, 0.15) is 0 Å². The molecule has 3 rings (SSSR count). The van der Waals surface area contributed by atoms with Crippen LogP contribution in [0.25, 0.3) is 5.69 Å². The van der Waals surface area contributed by atoms with Crippen LogP contribution in [0.3, 0.4) is 0 Å². The molecule has 0 bridgehead atoms. The van der Waals surface area contributed by atoms with E-state index in [-0.39, 0.29) is 0 Å². The molecule has 0 aliphatic heterocycles. The van der Waals surface area contributed by atoms with Gasteiger partial charge in [-0.05, 0) is 28.6 Å². The zero-order valence-corrected chi connectivity index (χ0v) is 11.6. The Morgan fingerprint density at radius 2 is 2.11 bits per heavy atom. The molecule has 2 heterocycles. The van der Waals surface area contributed by atoms with Gasteiger partial charge in [-0.3, -0.25) is 5.32 Å². The normalized spacial score (nSPS) is 10.6. The number of rotatable bonds is 3. The van der Waals surface area contributed by atoms with Crippen LogP contribution in [-0.2, 0) is 0 Å². The summed E-state index contributed by atoms with van der Waals surface area (Å²) in [6.45, 7) is 0. The number of benzene rings is 1. The van der Waals surface area contributed by atoms with Crippen LogP contribution in [0.15, 0.2) is 29.8 Å². The van der Waals surface area contributed by atoms with Gasteiger partial charge in [-0.1, -0.05) is 28.3 Å². The van der Waals surface area contributed by atoms with Gasteiger partial charge in [-0.2, -0.15) is 4.68 Å². The summed E-state index contributed by atoms with van der Waals surface area (Å²) in [4.78, 5) is 4.11. The standard InChI is InChI=1S/C10H6Cl2N6S/c11-7-2-1-6(5-8(7)12)18-9(15-16-17-18)14-10-13-3-4-19-10/h1-5H,(H,13,14,15,17). The van der Waals surface area contributed by atoms with E-state index in [4.69, 9.17) is 23.2 Å². The third-order valence-electron chi connectivity index (χ3n) is 2.27. The Hall–Kier alpha value is -1.70. The van der Waals surface area contributed by atoms with E-state index in [1.807, 2.05) is 5.38 Å². The number of tetrazole rings is 1. The van der Waals surface area contributed by atoms with Crippen molar-refractivity contribution in [3.8, 4) is 5.69 Å². The van der Waals surface area contributed by atoms with E-state index in [0.717, 1.165) is 0 Å². The molecule has 0 radical (unpaired) electrons. The summed E-state index contributed by atoms with van der Waals surface area (Å²) < 4.78 is 1.52. The van der Waals surface area contributed by atoms with Crippen molar-refractivity contribution in [2.45, 2.75) is 0 Å². The van der Waals surface area contributed by atoms with Crippen molar-refractivity contribution in [2.24, 2.45) is 0 Å². The number of hydrogen-bond donors (Lipinski definition) is 1. The number of thiazole rings is 1. The number of hydrogen-bond acceptors (Lipinski definition) is 6. The van der Waals surface area contributed by atoms with E-state index in [1.54, 1.807) is 24.4 Å². The highest BCUT2D eigenvalue weighted by Crippen LogP contribution is 2.25.